The maximum atomic E-state index is 4.30. The quantitative estimate of drug-likeness (QED) is 0.689. The molecule has 0 atom stereocenters. The highest BCUT2D eigenvalue weighted by Gasteiger charge is 2.15. The van der Waals surface area contributed by atoms with Crippen LogP contribution in [0.25, 0.3) is 0 Å². The molecule has 13 heavy (non-hydrogen) atoms. The molecule has 1 aromatic heterocycles. The minimum Gasteiger partial charge on any atom is -0.261 e. The minimum atomic E-state index is 0.400. The smallest absolute Gasteiger partial charge is 0.0372 e. The van der Waals surface area contributed by atoms with Gasteiger partial charge in [0.25, 0.3) is 0 Å². The van der Waals surface area contributed by atoms with Crippen LogP contribution in [0.4, 0.5) is 0 Å². The zero-order chi connectivity index (χ0) is 9.90. The largest absolute Gasteiger partial charge is 0.261 e. The predicted octanol–water partition coefficient (Wildman–Crippen LogP) is 3.37. The lowest BCUT2D eigenvalue weighted by Crippen LogP contribution is -2.13. The number of rotatable bonds is 3. The summed E-state index contributed by atoms with van der Waals surface area (Å²) in [4.78, 5) is 4.30. The van der Waals surface area contributed by atoms with Crippen molar-refractivity contribution in [1.82, 2.24) is 4.98 Å². The van der Waals surface area contributed by atoms with Gasteiger partial charge in [-0.25, -0.2) is 0 Å². The Hall–Kier alpha value is -0.850. The molecule has 0 aliphatic carbocycles. The average molecular weight is 177 g/mol. The summed E-state index contributed by atoms with van der Waals surface area (Å²) in [7, 11) is 0. The molecule has 1 nitrogen and oxygen atoms in total. The van der Waals surface area contributed by atoms with Crippen molar-refractivity contribution in [3.63, 3.8) is 0 Å². The fraction of sp³-hybridized carbons (Fsp3) is 0.583. The van der Waals surface area contributed by atoms with Crippen molar-refractivity contribution >= 4 is 0 Å². The van der Waals surface area contributed by atoms with Gasteiger partial charge in [0.1, 0.15) is 0 Å². The second-order valence-electron chi connectivity index (χ2n) is 4.50. The van der Waals surface area contributed by atoms with Crippen molar-refractivity contribution in [3.05, 3.63) is 29.6 Å². The molecular formula is C12H19N. The van der Waals surface area contributed by atoms with E-state index in [9.17, 15) is 0 Å². The van der Waals surface area contributed by atoms with E-state index in [0.717, 1.165) is 12.1 Å². The van der Waals surface area contributed by atoms with Crippen LogP contribution in [0.2, 0.25) is 0 Å². The molecule has 0 amide bonds. The number of nitrogens with zero attached hydrogens (tertiary/aromatic N) is 1. The van der Waals surface area contributed by atoms with Crippen molar-refractivity contribution in [3.8, 4) is 0 Å². The Labute approximate surface area is 81.2 Å². The van der Waals surface area contributed by atoms with Crippen LogP contribution in [0.5, 0.6) is 0 Å². The van der Waals surface area contributed by atoms with E-state index >= 15 is 0 Å². The molecule has 72 valence electrons. The van der Waals surface area contributed by atoms with E-state index in [-0.39, 0.29) is 0 Å². The van der Waals surface area contributed by atoms with Crippen LogP contribution < -0.4 is 0 Å². The predicted molar refractivity (Wildman–Crippen MR) is 56.8 cm³/mol. The fourth-order valence-electron chi connectivity index (χ4n) is 1.28. The molecule has 0 aliphatic heterocycles. The Balaban J connectivity index is 2.69. The zero-order valence-electron chi connectivity index (χ0n) is 9.09. The highest BCUT2D eigenvalue weighted by atomic mass is 14.7. The molecule has 0 unspecified atom stereocenters. The summed E-state index contributed by atoms with van der Waals surface area (Å²) < 4.78 is 0. The second-order valence-corrected chi connectivity index (χ2v) is 4.50. The lowest BCUT2D eigenvalue weighted by Gasteiger charge is -2.22. The molecule has 1 heterocycles. The first-order valence-electron chi connectivity index (χ1n) is 4.95. The molecule has 0 saturated heterocycles. The lowest BCUT2D eigenvalue weighted by atomic mass is 9.84. The topological polar surface area (TPSA) is 12.9 Å². The van der Waals surface area contributed by atoms with Gasteiger partial charge >= 0.3 is 0 Å². The van der Waals surface area contributed by atoms with E-state index in [1.807, 2.05) is 13.1 Å². The standard InChI is InChI=1S/C12H19N/c1-5-12(3,4)8-11-7-6-10(2)13-9-11/h6-7,9H,5,8H2,1-4H3. The highest BCUT2D eigenvalue weighted by molar-refractivity contribution is 5.14. The van der Waals surface area contributed by atoms with Gasteiger partial charge in [-0.3, -0.25) is 4.98 Å². The summed E-state index contributed by atoms with van der Waals surface area (Å²) >= 11 is 0. The molecule has 0 N–H and O–H groups in total. The van der Waals surface area contributed by atoms with Crippen molar-refractivity contribution in [2.24, 2.45) is 5.41 Å². The summed E-state index contributed by atoms with van der Waals surface area (Å²) in [5.74, 6) is 0. The Bertz CT molecular complexity index is 259. The fourth-order valence-corrected chi connectivity index (χ4v) is 1.28. The third-order valence-corrected chi connectivity index (χ3v) is 2.61. The summed E-state index contributed by atoms with van der Waals surface area (Å²) in [6, 6.07) is 4.26. The monoisotopic (exact) mass is 177 g/mol. The molecule has 0 saturated carbocycles. The van der Waals surface area contributed by atoms with Gasteiger partial charge in [0.15, 0.2) is 0 Å². The maximum absolute atomic E-state index is 4.30. The lowest BCUT2D eigenvalue weighted by molar-refractivity contribution is 0.349. The van der Waals surface area contributed by atoms with Crippen molar-refractivity contribution < 1.29 is 0 Å². The van der Waals surface area contributed by atoms with Crippen LogP contribution in [-0.4, -0.2) is 4.98 Å². The molecule has 0 fully saturated rings. The number of hydrogen-bond donors (Lipinski definition) is 0. The van der Waals surface area contributed by atoms with Gasteiger partial charge in [0.05, 0.1) is 0 Å². The van der Waals surface area contributed by atoms with Crippen molar-refractivity contribution in [2.75, 3.05) is 0 Å². The minimum absolute atomic E-state index is 0.400. The molecule has 0 aliphatic rings. The molecule has 1 heteroatoms. The van der Waals surface area contributed by atoms with E-state index in [1.54, 1.807) is 0 Å². The van der Waals surface area contributed by atoms with Crippen LogP contribution >= 0.6 is 0 Å². The SMILES string of the molecule is CCC(C)(C)Cc1ccc(C)nc1. The van der Waals surface area contributed by atoms with E-state index in [1.165, 1.54) is 12.0 Å². The van der Waals surface area contributed by atoms with Crippen LogP contribution in [0, 0.1) is 12.3 Å². The third kappa shape index (κ3) is 3.17. The summed E-state index contributed by atoms with van der Waals surface area (Å²) in [5, 5.41) is 0. The van der Waals surface area contributed by atoms with Gasteiger partial charge < -0.3 is 0 Å². The Morgan fingerprint density at radius 1 is 1.31 bits per heavy atom. The number of aromatic nitrogens is 1. The van der Waals surface area contributed by atoms with E-state index in [2.05, 4.69) is 37.9 Å². The van der Waals surface area contributed by atoms with Gasteiger partial charge in [-0.1, -0.05) is 33.3 Å². The molecule has 0 spiro atoms. The second kappa shape index (κ2) is 3.91. The Morgan fingerprint density at radius 2 is 2.00 bits per heavy atom. The Kier molecular flexibility index (Phi) is 3.07. The molecule has 1 aromatic rings. The van der Waals surface area contributed by atoms with Crippen molar-refractivity contribution in [2.45, 2.75) is 40.5 Å². The molecular weight excluding hydrogens is 158 g/mol. The van der Waals surface area contributed by atoms with E-state index in [0.29, 0.717) is 5.41 Å². The van der Waals surface area contributed by atoms with Crippen LogP contribution in [0.1, 0.15) is 38.4 Å². The number of pyridine rings is 1. The van der Waals surface area contributed by atoms with Gasteiger partial charge in [-0.2, -0.15) is 0 Å². The molecule has 0 aromatic carbocycles. The van der Waals surface area contributed by atoms with Crippen LogP contribution in [-0.2, 0) is 6.42 Å². The first-order valence-corrected chi connectivity index (χ1v) is 4.95. The van der Waals surface area contributed by atoms with Crippen LogP contribution in [0.3, 0.4) is 0 Å². The van der Waals surface area contributed by atoms with E-state index in [4.69, 9.17) is 0 Å². The van der Waals surface area contributed by atoms with Gasteiger partial charge in [-0.05, 0) is 30.4 Å². The van der Waals surface area contributed by atoms with Gasteiger partial charge in [-0.15, -0.1) is 0 Å². The Morgan fingerprint density at radius 3 is 2.46 bits per heavy atom. The normalized spacial score (nSPS) is 11.7. The number of hydrogen-bond acceptors (Lipinski definition) is 1. The summed E-state index contributed by atoms with van der Waals surface area (Å²) in [6.45, 7) is 8.86. The highest BCUT2D eigenvalue weighted by Crippen LogP contribution is 2.24. The van der Waals surface area contributed by atoms with Gasteiger partial charge in [0.2, 0.25) is 0 Å². The summed E-state index contributed by atoms with van der Waals surface area (Å²) in [5.41, 5.74) is 2.84. The van der Waals surface area contributed by atoms with E-state index < -0.39 is 0 Å². The first kappa shape index (κ1) is 10.2. The first-order chi connectivity index (χ1) is 6.03. The van der Waals surface area contributed by atoms with Crippen LogP contribution in [0.15, 0.2) is 18.3 Å². The summed E-state index contributed by atoms with van der Waals surface area (Å²) in [6.07, 6.45) is 4.32. The zero-order valence-corrected chi connectivity index (χ0v) is 9.09. The van der Waals surface area contributed by atoms with Crippen molar-refractivity contribution in [1.29, 1.82) is 0 Å². The molecule has 0 bridgehead atoms. The van der Waals surface area contributed by atoms with Gasteiger partial charge in [0, 0.05) is 11.9 Å². The third-order valence-electron chi connectivity index (χ3n) is 2.61. The molecule has 1 rings (SSSR count). The number of aryl methyl sites for hydroxylation is 1. The maximum Gasteiger partial charge on any atom is 0.0372 e. The average Bonchev–Trinajstić information content (AvgIpc) is 2.09. The molecule has 0 radical (unpaired) electrons.